The highest BCUT2D eigenvalue weighted by Crippen LogP contribution is 2.28. The minimum Gasteiger partial charge on any atom is -0.501 e. The van der Waals surface area contributed by atoms with Crippen molar-refractivity contribution in [1.82, 2.24) is 15.3 Å². The second-order valence-electron chi connectivity index (χ2n) is 5.78. The Morgan fingerprint density at radius 3 is 2.50 bits per heavy atom. The number of halogens is 1. The SMILES string of the molecule is COc1nc(C(C)(C)N)nc(C(=O)NCc2ccc(F)cc2)c1O. The number of hydrogen-bond acceptors (Lipinski definition) is 6. The molecule has 1 aromatic heterocycles. The normalized spacial score (nSPS) is 11.2. The fourth-order valence-electron chi connectivity index (χ4n) is 1.89. The van der Waals surface area contributed by atoms with Crippen LogP contribution in [-0.4, -0.2) is 28.1 Å². The molecule has 1 amide bonds. The Morgan fingerprint density at radius 2 is 1.96 bits per heavy atom. The lowest BCUT2D eigenvalue weighted by Gasteiger charge is -2.19. The van der Waals surface area contributed by atoms with Crippen LogP contribution in [-0.2, 0) is 12.1 Å². The molecule has 0 saturated carbocycles. The van der Waals surface area contributed by atoms with E-state index in [0.717, 1.165) is 0 Å². The Hall–Kier alpha value is -2.74. The van der Waals surface area contributed by atoms with Crippen LogP contribution in [0.5, 0.6) is 11.6 Å². The van der Waals surface area contributed by atoms with Crippen molar-refractivity contribution in [3.8, 4) is 11.6 Å². The second-order valence-corrected chi connectivity index (χ2v) is 5.78. The molecule has 0 saturated heterocycles. The molecular weight excluding hydrogens is 315 g/mol. The third kappa shape index (κ3) is 3.96. The maximum Gasteiger partial charge on any atom is 0.274 e. The van der Waals surface area contributed by atoms with E-state index in [1.54, 1.807) is 26.0 Å². The third-order valence-corrected chi connectivity index (χ3v) is 3.20. The summed E-state index contributed by atoms with van der Waals surface area (Å²) in [4.78, 5) is 20.4. The number of rotatable bonds is 5. The second kappa shape index (κ2) is 6.79. The molecule has 1 aromatic carbocycles. The van der Waals surface area contributed by atoms with Crippen molar-refractivity contribution in [3.63, 3.8) is 0 Å². The van der Waals surface area contributed by atoms with Gasteiger partial charge in [0.05, 0.1) is 12.6 Å². The summed E-state index contributed by atoms with van der Waals surface area (Å²) >= 11 is 0. The number of hydrogen-bond donors (Lipinski definition) is 3. The first kappa shape index (κ1) is 17.6. The summed E-state index contributed by atoms with van der Waals surface area (Å²) in [7, 11) is 1.32. The lowest BCUT2D eigenvalue weighted by molar-refractivity contribution is 0.0941. The summed E-state index contributed by atoms with van der Waals surface area (Å²) in [6.45, 7) is 3.48. The van der Waals surface area contributed by atoms with Gasteiger partial charge < -0.3 is 20.9 Å². The van der Waals surface area contributed by atoms with E-state index in [0.29, 0.717) is 5.56 Å². The van der Waals surface area contributed by atoms with Gasteiger partial charge in [0.2, 0.25) is 5.75 Å². The monoisotopic (exact) mass is 334 g/mol. The molecule has 128 valence electrons. The van der Waals surface area contributed by atoms with Crippen LogP contribution in [0.1, 0.15) is 35.7 Å². The smallest absolute Gasteiger partial charge is 0.274 e. The summed E-state index contributed by atoms with van der Waals surface area (Å²) < 4.78 is 17.8. The fourth-order valence-corrected chi connectivity index (χ4v) is 1.89. The highest BCUT2D eigenvalue weighted by Gasteiger charge is 2.26. The molecule has 0 aliphatic rings. The van der Waals surface area contributed by atoms with Gasteiger partial charge in [0.15, 0.2) is 11.5 Å². The molecule has 2 aromatic rings. The van der Waals surface area contributed by atoms with Crippen LogP contribution in [0.3, 0.4) is 0 Å². The summed E-state index contributed by atoms with van der Waals surface area (Å²) in [6.07, 6.45) is 0. The maximum absolute atomic E-state index is 12.9. The summed E-state index contributed by atoms with van der Waals surface area (Å²) in [6, 6.07) is 5.68. The number of amides is 1. The molecule has 0 aliphatic heterocycles. The summed E-state index contributed by atoms with van der Waals surface area (Å²) in [5.41, 5.74) is 5.49. The largest absolute Gasteiger partial charge is 0.501 e. The number of nitrogens with one attached hydrogen (secondary N) is 1. The molecule has 1 heterocycles. The van der Waals surface area contributed by atoms with Crippen molar-refractivity contribution in [2.75, 3.05) is 7.11 Å². The Bertz CT molecular complexity index is 742. The van der Waals surface area contributed by atoms with Crippen LogP contribution in [0, 0.1) is 5.82 Å². The molecule has 0 unspecified atom stereocenters. The fraction of sp³-hybridized carbons (Fsp3) is 0.312. The maximum atomic E-state index is 12.9. The van der Waals surface area contributed by atoms with Crippen molar-refractivity contribution in [3.05, 3.63) is 47.2 Å². The number of ether oxygens (including phenoxy) is 1. The molecule has 0 aliphatic carbocycles. The van der Waals surface area contributed by atoms with E-state index in [-0.39, 0.29) is 29.8 Å². The van der Waals surface area contributed by atoms with Gasteiger partial charge in [-0.2, -0.15) is 4.98 Å². The lowest BCUT2D eigenvalue weighted by Crippen LogP contribution is -2.33. The van der Waals surface area contributed by atoms with E-state index in [1.165, 1.54) is 19.2 Å². The van der Waals surface area contributed by atoms with Crippen LogP contribution >= 0.6 is 0 Å². The zero-order valence-electron chi connectivity index (χ0n) is 13.6. The summed E-state index contributed by atoms with van der Waals surface area (Å²) in [5.74, 6) is -1.43. The first-order valence-electron chi connectivity index (χ1n) is 7.19. The van der Waals surface area contributed by atoms with Gasteiger partial charge in [0.1, 0.15) is 5.82 Å². The van der Waals surface area contributed by atoms with Gasteiger partial charge in [-0.25, -0.2) is 9.37 Å². The van der Waals surface area contributed by atoms with Crippen LogP contribution in [0.25, 0.3) is 0 Å². The predicted octanol–water partition coefficient (Wildman–Crippen LogP) is 1.45. The van der Waals surface area contributed by atoms with Gasteiger partial charge in [0.25, 0.3) is 11.8 Å². The standard InChI is InChI=1S/C16H19FN4O3/c1-16(2,18)15-20-11(12(22)14(21-15)24-3)13(23)19-8-9-4-6-10(17)7-5-9/h4-7,22H,8,18H2,1-3H3,(H,19,23). The van der Waals surface area contributed by atoms with Crippen LogP contribution < -0.4 is 15.8 Å². The molecule has 0 atom stereocenters. The van der Waals surface area contributed by atoms with E-state index in [2.05, 4.69) is 15.3 Å². The first-order valence-corrected chi connectivity index (χ1v) is 7.19. The Labute approximate surface area is 138 Å². The molecule has 4 N–H and O–H groups in total. The predicted molar refractivity (Wildman–Crippen MR) is 85.0 cm³/mol. The molecule has 0 bridgehead atoms. The van der Waals surface area contributed by atoms with E-state index < -0.39 is 17.2 Å². The molecule has 2 rings (SSSR count). The van der Waals surface area contributed by atoms with Gasteiger partial charge >= 0.3 is 0 Å². The van der Waals surface area contributed by atoms with Crippen molar-refractivity contribution in [1.29, 1.82) is 0 Å². The highest BCUT2D eigenvalue weighted by atomic mass is 19.1. The van der Waals surface area contributed by atoms with Crippen molar-refractivity contribution < 1.29 is 19.0 Å². The van der Waals surface area contributed by atoms with Gasteiger partial charge in [-0.1, -0.05) is 12.1 Å². The quantitative estimate of drug-likeness (QED) is 0.763. The zero-order valence-corrected chi connectivity index (χ0v) is 13.6. The lowest BCUT2D eigenvalue weighted by atomic mass is 10.1. The molecule has 24 heavy (non-hydrogen) atoms. The molecule has 8 heteroatoms. The van der Waals surface area contributed by atoms with Gasteiger partial charge in [-0.3, -0.25) is 4.79 Å². The first-order chi connectivity index (χ1) is 11.2. The van der Waals surface area contributed by atoms with E-state index in [1.807, 2.05) is 0 Å². The van der Waals surface area contributed by atoms with E-state index >= 15 is 0 Å². The topological polar surface area (TPSA) is 110 Å². The minimum absolute atomic E-state index is 0.134. The van der Waals surface area contributed by atoms with Crippen LogP contribution in [0.2, 0.25) is 0 Å². The van der Waals surface area contributed by atoms with Crippen LogP contribution in [0.15, 0.2) is 24.3 Å². The number of benzene rings is 1. The van der Waals surface area contributed by atoms with Crippen molar-refractivity contribution in [2.24, 2.45) is 5.73 Å². The summed E-state index contributed by atoms with van der Waals surface area (Å²) in [5, 5.41) is 12.7. The molecule has 0 spiro atoms. The van der Waals surface area contributed by atoms with Crippen molar-refractivity contribution >= 4 is 5.91 Å². The number of aromatic nitrogens is 2. The highest BCUT2D eigenvalue weighted by molar-refractivity contribution is 5.95. The number of methoxy groups -OCH3 is 1. The number of nitrogens with two attached hydrogens (primary N) is 1. The van der Waals surface area contributed by atoms with E-state index in [9.17, 15) is 14.3 Å². The zero-order chi connectivity index (χ0) is 17.9. The van der Waals surface area contributed by atoms with E-state index in [4.69, 9.17) is 10.5 Å². The number of aromatic hydroxyl groups is 1. The number of carbonyl (C=O) groups excluding carboxylic acids is 1. The molecule has 0 radical (unpaired) electrons. The number of nitrogens with zero attached hydrogens (tertiary/aromatic N) is 2. The molecule has 0 fully saturated rings. The van der Waals surface area contributed by atoms with Crippen molar-refractivity contribution in [2.45, 2.75) is 25.9 Å². The van der Waals surface area contributed by atoms with Crippen LogP contribution in [0.4, 0.5) is 4.39 Å². The Morgan fingerprint density at radius 1 is 1.33 bits per heavy atom. The third-order valence-electron chi connectivity index (χ3n) is 3.20. The van der Waals surface area contributed by atoms with Gasteiger partial charge in [0, 0.05) is 6.54 Å². The minimum atomic E-state index is -0.924. The molecular formula is C16H19FN4O3. The molecule has 7 nitrogen and oxygen atoms in total. The Balaban J connectivity index is 2.26. The van der Waals surface area contributed by atoms with Gasteiger partial charge in [-0.15, -0.1) is 0 Å². The average molecular weight is 334 g/mol. The van der Waals surface area contributed by atoms with Gasteiger partial charge in [-0.05, 0) is 31.5 Å². The Kier molecular flexibility index (Phi) is 4.99. The number of carbonyl (C=O) groups is 1. The average Bonchev–Trinajstić information content (AvgIpc) is 2.53.